The van der Waals surface area contributed by atoms with Crippen molar-refractivity contribution in [2.24, 2.45) is 0 Å². The summed E-state index contributed by atoms with van der Waals surface area (Å²) in [5.41, 5.74) is 3.50. The fourth-order valence-electron chi connectivity index (χ4n) is 4.14. The lowest BCUT2D eigenvalue weighted by molar-refractivity contribution is -0.137. The van der Waals surface area contributed by atoms with Crippen LogP contribution in [0.15, 0.2) is 45.6 Å². The Labute approximate surface area is 167 Å². The summed E-state index contributed by atoms with van der Waals surface area (Å²) >= 11 is 1.61. The Balaban J connectivity index is 1.40. The molecule has 0 radical (unpaired) electrons. The molecule has 2 aliphatic heterocycles. The number of nitrogens with zero attached hydrogens (tertiary/aromatic N) is 4. The van der Waals surface area contributed by atoms with Crippen LogP contribution < -0.4 is 0 Å². The molecule has 0 aliphatic carbocycles. The largest absolute Gasteiger partial charge is 0.341 e. The highest BCUT2D eigenvalue weighted by Crippen LogP contribution is 2.27. The van der Waals surface area contributed by atoms with Crippen molar-refractivity contribution < 1.29 is 9.32 Å². The van der Waals surface area contributed by atoms with Gasteiger partial charge in [0.15, 0.2) is 0 Å². The summed E-state index contributed by atoms with van der Waals surface area (Å²) in [6.07, 6.45) is 2.93. The topological polar surface area (TPSA) is 62.5 Å². The van der Waals surface area contributed by atoms with E-state index in [2.05, 4.69) is 39.3 Å². The van der Waals surface area contributed by atoms with Gasteiger partial charge in [-0.15, -0.1) is 0 Å². The molecule has 0 bridgehead atoms. The number of rotatable bonds is 4. The molecule has 0 saturated carbocycles. The SMILES string of the molecule is O=C(C1Cc2ccccc2CN1Cc1nc(-c2ccsc2)no1)N1CCCC1. The molecule has 1 aromatic carbocycles. The Morgan fingerprint density at radius 2 is 2.00 bits per heavy atom. The number of fused-ring (bicyclic) bond motifs is 1. The van der Waals surface area contributed by atoms with Gasteiger partial charge in [-0.3, -0.25) is 9.69 Å². The maximum absolute atomic E-state index is 13.2. The van der Waals surface area contributed by atoms with E-state index >= 15 is 0 Å². The highest BCUT2D eigenvalue weighted by atomic mass is 32.1. The second-order valence-electron chi connectivity index (χ2n) is 7.45. The second-order valence-corrected chi connectivity index (χ2v) is 8.23. The molecule has 0 spiro atoms. The molecular weight excluding hydrogens is 372 g/mol. The molecule has 28 heavy (non-hydrogen) atoms. The molecule has 7 heteroatoms. The minimum absolute atomic E-state index is 0.176. The maximum Gasteiger partial charge on any atom is 0.241 e. The average molecular weight is 395 g/mol. The van der Waals surface area contributed by atoms with Crippen molar-refractivity contribution >= 4 is 17.2 Å². The standard InChI is InChI=1S/C21H22N4O2S/c26-21(24-8-3-4-9-24)18-11-15-5-1-2-6-16(15)12-25(18)13-19-22-20(23-27-19)17-7-10-28-14-17/h1-2,5-7,10,14,18H,3-4,8-9,11-13H2. The van der Waals surface area contributed by atoms with E-state index in [1.807, 2.05) is 21.7 Å². The molecular formula is C21H22N4O2S. The first kappa shape index (κ1) is 17.6. The highest BCUT2D eigenvalue weighted by Gasteiger charge is 2.35. The fourth-order valence-corrected chi connectivity index (χ4v) is 4.77. The first-order valence-corrected chi connectivity index (χ1v) is 10.7. The van der Waals surface area contributed by atoms with Crippen LogP contribution in [0.25, 0.3) is 11.4 Å². The van der Waals surface area contributed by atoms with Gasteiger partial charge in [-0.05, 0) is 41.8 Å². The van der Waals surface area contributed by atoms with E-state index in [0.717, 1.165) is 44.5 Å². The van der Waals surface area contributed by atoms with Crippen LogP contribution in [0.5, 0.6) is 0 Å². The van der Waals surface area contributed by atoms with Gasteiger partial charge in [0.05, 0.1) is 12.6 Å². The lowest BCUT2D eigenvalue weighted by atomic mass is 9.93. The van der Waals surface area contributed by atoms with E-state index in [0.29, 0.717) is 18.3 Å². The van der Waals surface area contributed by atoms with Crippen molar-refractivity contribution in [2.45, 2.75) is 38.4 Å². The molecule has 144 valence electrons. The van der Waals surface area contributed by atoms with E-state index in [1.54, 1.807) is 11.3 Å². The molecule has 1 saturated heterocycles. The minimum atomic E-state index is -0.176. The van der Waals surface area contributed by atoms with Crippen molar-refractivity contribution in [2.75, 3.05) is 13.1 Å². The Hall–Kier alpha value is -2.51. The number of carbonyl (C=O) groups is 1. The van der Waals surface area contributed by atoms with Crippen LogP contribution in [0, 0.1) is 0 Å². The number of aromatic nitrogens is 2. The van der Waals surface area contributed by atoms with Gasteiger partial charge in [0, 0.05) is 30.6 Å². The number of hydrogen-bond donors (Lipinski definition) is 0. The number of carbonyl (C=O) groups excluding carboxylic acids is 1. The first-order chi connectivity index (χ1) is 13.8. The van der Waals surface area contributed by atoms with Gasteiger partial charge in [-0.25, -0.2) is 0 Å². The van der Waals surface area contributed by atoms with E-state index in [4.69, 9.17) is 4.52 Å². The molecule has 2 aromatic heterocycles. The maximum atomic E-state index is 13.2. The summed E-state index contributed by atoms with van der Waals surface area (Å²) in [5, 5.41) is 8.12. The fraction of sp³-hybridized carbons (Fsp3) is 0.381. The molecule has 1 amide bonds. The zero-order chi connectivity index (χ0) is 18.9. The zero-order valence-corrected chi connectivity index (χ0v) is 16.4. The van der Waals surface area contributed by atoms with Crippen molar-refractivity contribution in [3.05, 3.63) is 58.1 Å². The second kappa shape index (κ2) is 7.48. The Morgan fingerprint density at radius 3 is 2.79 bits per heavy atom. The zero-order valence-electron chi connectivity index (χ0n) is 15.6. The first-order valence-electron chi connectivity index (χ1n) is 9.73. The van der Waals surface area contributed by atoms with Crippen LogP contribution in [-0.2, 0) is 24.3 Å². The highest BCUT2D eigenvalue weighted by molar-refractivity contribution is 7.08. The predicted molar refractivity (Wildman–Crippen MR) is 107 cm³/mol. The van der Waals surface area contributed by atoms with Crippen molar-refractivity contribution in [3.63, 3.8) is 0 Å². The quantitative estimate of drug-likeness (QED) is 0.679. The summed E-state index contributed by atoms with van der Waals surface area (Å²) in [5.74, 6) is 1.39. The summed E-state index contributed by atoms with van der Waals surface area (Å²) in [6.45, 7) is 2.94. The molecule has 4 heterocycles. The van der Waals surface area contributed by atoms with E-state index < -0.39 is 0 Å². The van der Waals surface area contributed by atoms with Gasteiger partial charge in [-0.1, -0.05) is 29.4 Å². The van der Waals surface area contributed by atoms with Crippen molar-refractivity contribution in [1.29, 1.82) is 0 Å². The number of hydrogen-bond acceptors (Lipinski definition) is 6. The summed E-state index contributed by atoms with van der Waals surface area (Å²) in [7, 11) is 0. The normalized spacial score (nSPS) is 19.7. The lowest BCUT2D eigenvalue weighted by Crippen LogP contribution is -2.50. The molecule has 2 aliphatic rings. The van der Waals surface area contributed by atoms with Crippen LogP contribution in [0.3, 0.4) is 0 Å². The van der Waals surface area contributed by atoms with Crippen molar-refractivity contribution in [3.8, 4) is 11.4 Å². The van der Waals surface area contributed by atoms with Crippen LogP contribution in [0.2, 0.25) is 0 Å². The Morgan fingerprint density at radius 1 is 1.18 bits per heavy atom. The van der Waals surface area contributed by atoms with Gasteiger partial charge < -0.3 is 9.42 Å². The summed E-state index contributed by atoms with van der Waals surface area (Å²) in [6, 6.07) is 10.2. The minimum Gasteiger partial charge on any atom is -0.341 e. The molecule has 1 unspecified atom stereocenters. The summed E-state index contributed by atoms with van der Waals surface area (Å²) < 4.78 is 5.51. The van der Waals surface area contributed by atoms with Crippen LogP contribution in [0.1, 0.15) is 29.9 Å². The van der Waals surface area contributed by atoms with Crippen LogP contribution in [0.4, 0.5) is 0 Å². The molecule has 1 atom stereocenters. The molecule has 6 nitrogen and oxygen atoms in total. The summed E-state index contributed by atoms with van der Waals surface area (Å²) in [4.78, 5) is 22.0. The average Bonchev–Trinajstić information content (AvgIpc) is 3.49. The third-order valence-corrected chi connectivity index (χ3v) is 6.32. The van der Waals surface area contributed by atoms with Gasteiger partial charge in [0.25, 0.3) is 0 Å². The number of benzene rings is 1. The van der Waals surface area contributed by atoms with Crippen LogP contribution in [-0.4, -0.2) is 45.0 Å². The van der Waals surface area contributed by atoms with E-state index in [9.17, 15) is 4.79 Å². The number of likely N-dealkylation sites (tertiary alicyclic amines) is 1. The molecule has 3 aromatic rings. The molecule has 5 rings (SSSR count). The molecule has 1 fully saturated rings. The smallest absolute Gasteiger partial charge is 0.241 e. The Bertz CT molecular complexity index is 962. The molecule has 0 N–H and O–H groups in total. The van der Waals surface area contributed by atoms with E-state index in [1.165, 1.54) is 11.1 Å². The monoisotopic (exact) mass is 394 g/mol. The predicted octanol–water partition coefficient (Wildman–Crippen LogP) is 3.35. The van der Waals surface area contributed by atoms with Crippen molar-refractivity contribution in [1.82, 2.24) is 19.9 Å². The van der Waals surface area contributed by atoms with Crippen LogP contribution >= 0.6 is 11.3 Å². The van der Waals surface area contributed by atoms with E-state index in [-0.39, 0.29) is 11.9 Å². The third kappa shape index (κ3) is 3.36. The number of thiophene rings is 1. The van der Waals surface area contributed by atoms with Gasteiger partial charge in [-0.2, -0.15) is 16.3 Å². The van der Waals surface area contributed by atoms with Gasteiger partial charge in [0.2, 0.25) is 17.6 Å². The lowest BCUT2D eigenvalue weighted by Gasteiger charge is -2.37. The number of amides is 1. The Kier molecular flexibility index (Phi) is 4.70. The van der Waals surface area contributed by atoms with Gasteiger partial charge in [0.1, 0.15) is 0 Å². The third-order valence-electron chi connectivity index (χ3n) is 5.63. The van der Waals surface area contributed by atoms with Gasteiger partial charge >= 0.3 is 0 Å².